The highest BCUT2D eigenvalue weighted by Gasteiger charge is 2.23. The molecular formula is C12H14BrNO3. The summed E-state index contributed by atoms with van der Waals surface area (Å²) < 4.78 is 6.15. The van der Waals surface area contributed by atoms with Crippen LogP contribution in [0.5, 0.6) is 5.75 Å². The predicted octanol–water partition coefficient (Wildman–Crippen LogP) is 2.40. The quantitative estimate of drug-likeness (QED) is 0.866. The fourth-order valence-electron chi connectivity index (χ4n) is 1.79. The van der Waals surface area contributed by atoms with Crippen molar-refractivity contribution in [2.45, 2.75) is 18.9 Å². The van der Waals surface area contributed by atoms with Crippen LogP contribution in [0.3, 0.4) is 0 Å². The molecule has 1 saturated heterocycles. The van der Waals surface area contributed by atoms with Crippen LogP contribution in [0.15, 0.2) is 28.7 Å². The highest BCUT2D eigenvalue weighted by atomic mass is 79.9. The molecule has 92 valence electrons. The van der Waals surface area contributed by atoms with Crippen LogP contribution in [-0.4, -0.2) is 35.3 Å². The summed E-state index contributed by atoms with van der Waals surface area (Å²) in [6.45, 7) is 1.00. The predicted molar refractivity (Wildman–Crippen MR) is 67.0 cm³/mol. The molecule has 0 aliphatic carbocycles. The van der Waals surface area contributed by atoms with Gasteiger partial charge in [-0.05, 0) is 37.1 Å². The number of amides is 1. The van der Waals surface area contributed by atoms with Crippen molar-refractivity contribution in [3.05, 3.63) is 28.7 Å². The molecule has 1 heterocycles. The summed E-state index contributed by atoms with van der Waals surface area (Å²) in [5.41, 5.74) is 0. The van der Waals surface area contributed by atoms with E-state index in [1.807, 2.05) is 12.1 Å². The molecule has 1 atom stereocenters. The van der Waals surface area contributed by atoms with Crippen LogP contribution in [0.1, 0.15) is 12.8 Å². The Bertz CT molecular complexity index is 393. The number of benzene rings is 1. The van der Waals surface area contributed by atoms with Gasteiger partial charge in [0.1, 0.15) is 5.75 Å². The number of halogens is 1. The smallest absolute Gasteiger partial charge is 0.410 e. The third-order valence-electron chi connectivity index (χ3n) is 2.67. The second-order valence-corrected chi connectivity index (χ2v) is 4.98. The van der Waals surface area contributed by atoms with Crippen molar-refractivity contribution >= 4 is 22.0 Å². The van der Waals surface area contributed by atoms with E-state index < -0.39 is 12.2 Å². The van der Waals surface area contributed by atoms with E-state index in [1.54, 1.807) is 12.1 Å². The first-order chi connectivity index (χ1) is 8.15. The third kappa shape index (κ3) is 3.44. The highest BCUT2D eigenvalue weighted by molar-refractivity contribution is 9.10. The van der Waals surface area contributed by atoms with Gasteiger partial charge >= 0.3 is 6.09 Å². The number of nitrogens with zero attached hydrogens (tertiary/aromatic N) is 1. The molecule has 1 fully saturated rings. The molecule has 0 radical (unpaired) electrons. The first-order valence-corrected chi connectivity index (χ1v) is 6.35. The first-order valence-electron chi connectivity index (χ1n) is 5.55. The summed E-state index contributed by atoms with van der Waals surface area (Å²) in [6, 6.07) is 7.08. The number of carbonyl (C=O) groups excluding carboxylic acids is 1. The first kappa shape index (κ1) is 12.4. The minimum atomic E-state index is -0.429. The van der Waals surface area contributed by atoms with Crippen LogP contribution >= 0.6 is 15.9 Å². The molecule has 1 aliphatic rings. The van der Waals surface area contributed by atoms with Gasteiger partial charge in [0.15, 0.2) is 0 Å². The lowest BCUT2D eigenvalue weighted by Gasteiger charge is -2.29. The monoisotopic (exact) mass is 299 g/mol. The molecule has 0 saturated carbocycles. The maximum atomic E-state index is 11.8. The topological polar surface area (TPSA) is 49.8 Å². The van der Waals surface area contributed by atoms with Gasteiger partial charge < -0.3 is 14.7 Å². The van der Waals surface area contributed by atoms with E-state index in [9.17, 15) is 9.90 Å². The van der Waals surface area contributed by atoms with Crippen LogP contribution in [0.2, 0.25) is 0 Å². The van der Waals surface area contributed by atoms with Gasteiger partial charge in [0.2, 0.25) is 0 Å². The lowest BCUT2D eigenvalue weighted by atomic mass is 10.1. The fraction of sp³-hybridized carbons (Fsp3) is 0.417. The van der Waals surface area contributed by atoms with Gasteiger partial charge in [0, 0.05) is 17.6 Å². The highest BCUT2D eigenvalue weighted by Crippen LogP contribution is 2.18. The third-order valence-corrected chi connectivity index (χ3v) is 3.20. The number of hydrogen-bond donors (Lipinski definition) is 1. The van der Waals surface area contributed by atoms with E-state index in [0.29, 0.717) is 18.8 Å². The number of ether oxygens (including phenoxy) is 1. The Labute approximate surface area is 108 Å². The van der Waals surface area contributed by atoms with Crippen LogP contribution in [0.4, 0.5) is 4.79 Å². The number of aliphatic hydroxyl groups is 1. The van der Waals surface area contributed by atoms with Crippen molar-refractivity contribution in [2.24, 2.45) is 0 Å². The molecule has 1 unspecified atom stereocenters. The molecule has 1 N–H and O–H groups in total. The largest absolute Gasteiger partial charge is 0.415 e. The van der Waals surface area contributed by atoms with E-state index in [2.05, 4.69) is 15.9 Å². The molecule has 5 heteroatoms. The molecule has 1 aliphatic heterocycles. The summed E-state index contributed by atoms with van der Waals surface area (Å²) in [5.74, 6) is 0.512. The number of β-amino-alcohol motifs (C(OH)–C–C–N with tert-alkyl or cyclic N) is 1. The van der Waals surface area contributed by atoms with Gasteiger partial charge in [-0.3, -0.25) is 0 Å². The Kier molecular flexibility index (Phi) is 4.02. The maximum Gasteiger partial charge on any atom is 0.415 e. The van der Waals surface area contributed by atoms with Gasteiger partial charge in [-0.15, -0.1) is 0 Å². The molecule has 0 aromatic heterocycles. The van der Waals surface area contributed by atoms with Gasteiger partial charge in [-0.2, -0.15) is 0 Å². The lowest BCUT2D eigenvalue weighted by Crippen LogP contribution is -2.43. The van der Waals surface area contributed by atoms with E-state index in [1.165, 1.54) is 4.90 Å². The summed E-state index contributed by atoms with van der Waals surface area (Å²) in [6.07, 6.45) is 0.742. The molecule has 1 aromatic rings. The van der Waals surface area contributed by atoms with Crippen molar-refractivity contribution in [3.63, 3.8) is 0 Å². The second-order valence-electron chi connectivity index (χ2n) is 4.06. The Morgan fingerprint density at radius 1 is 1.41 bits per heavy atom. The van der Waals surface area contributed by atoms with Crippen molar-refractivity contribution in [2.75, 3.05) is 13.1 Å². The van der Waals surface area contributed by atoms with Crippen molar-refractivity contribution in [1.29, 1.82) is 0 Å². The lowest BCUT2D eigenvalue weighted by molar-refractivity contribution is 0.0691. The van der Waals surface area contributed by atoms with E-state index >= 15 is 0 Å². The maximum absolute atomic E-state index is 11.8. The molecule has 0 bridgehead atoms. The number of aliphatic hydroxyl groups excluding tert-OH is 1. The van der Waals surface area contributed by atoms with E-state index in [-0.39, 0.29) is 0 Å². The van der Waals surface area contributed by atoms with Gasteiger partial charge in [-0.25, -0.2) is 4.79 Å². The van der Waals surface area contributed by atoms with Crippen LogP contribution in [-0.2, 0) is 0 Å². The molecule has 0 spiro atoms. The van der Waals surface area contributed by atoms with Crippen LogP contribution in [0.25, 0.3) is 0 Å². The van der Waals surface area contributed by atoms with Crippen molar-refractivity contribution in [1.82, 2.24) is 4.90 Å². The van der Waals surface area contributed by atoms with Crippen LogP contribution < -0.4 is 4.74 Å². The minimum Gasteiger partial charge on any atom is -0.410 e. The number of hydrogen-bond acceptors (Lipinski definition) is 3. The zero-order valence-corrected chi connectivity index (χ0v) is 10.9. The SMILES string of the molecule is O=C(Oc1ccc(Br)cc1)N1CCCC(O)C1. The molecule has 17 heavy (non-hydrogen) atoms. The molecule has 2 rings (SSSR count). The summed E-state index contributed by atoms with van der Waals surface area (Å²) >= 11 is 3.31. The summed E-state index contributed by atoms with van der Waals surface area (Å²) in [7, 11) is 0. The number of likely N-dealkylation sites (tertiary alicyclic amines) is 1. The molecule has 1 aromatic carbocycles. The van der Waals surface area contributed by atoms with Crippen molar-refractivity contribution < 1.29 is 14.6 Å². The molecule has 4 nitrogen and oxygen atoms in total. The molecular weight excluding hydrogens is 286 g/mol. The summed E-state index contributed by atoms with van der Waals surface area (Å²) in [5, 5.41) is 9.48. The van der Waals surface area contributed by atoms with E-state index in [0.717, 1.165) is 17.3 Å². The Hall–Kier alpha value is -1.07. The minimum absolute atomic E-state index is 0.357. The Balaban J connectivity index is 1.94. The summed E-state index contributed by atoms with van der Waals surface area (Å²) in [4.78, 5) is 13.3. The zero-order chi connectivity index (χ0) is 12.3. The van der Waals surface area contributed by atoms with E-state index in [4.69, 9.17) is 4.74 Å². The number of carbonyl (C=O) groups is 1. The number of rotatable bonds is 1. The fourth-order valence-corrected chi connectivity index (χ4v) is 2.05. The molecule has 1 amide bonds. The second kappa shape index (κ2) is 5.51. The van der Waals surface area contributed by atoms with Crippen molar-refractivity contribution in [3.8, 4) is 5.75 Å². The average Bonchev–Trinajstić information content (AvgIpc) is 2.32. The Morgan fingerprint density at radius 3 is 2.76 bits per heavy atom. The zero-order valence-electron chi connectivity index (χ0n) is 9.30. The Morgan fingerprint density at radius 2 is 2.12 bits per heavy atom. The normalized spacial score (nSPS) is 20.1. The van der Waals surface area contributed by atoms with Gasteiger partial charge in [0.05, 0.1) is 6.10 Å². The average molecular weight is 300 g/mol. The van der Waals surface area contributed by atoms with Crippen LogP contribution in [0, 0.1) is 0 Å². The number of piperidine rings is 1. The standard InChI is InChI=1S/C12H14BrNO3/c13-9-3-5-11(6-4-9)17-12(16)14-7-1-2-10(15)8-14/h3-6,10,15H,1-2,7-8H2. The van der Waals surface area contributed by atoms with Gasteiger partial charge in [0.25, 0.3) is 0 Å². The van der Waals surface area contributed by atoms with Gasteiger partial charge in [-0.1, -0.05) is 15.9 Å².